The molecule has 0 aliphatic heterocycles. The van der Waals surface area contributed by atoms with Crippen LogP contribution >= 0.6 is 0 Å². The van der Waals surface area contributed by atoms with Gasteiger partial charge in [-0.15, -0.1) is 0 Å². The van der Waals surface area contributed by atoms with Crippen LogP contribution in [-0.2, 0) is 13.1 Å². The highest BCUT2D eigenvalue weighted by molar-refractivity contribution is 5.87. The van der Waals surface area contributed by atoms with Gasteiger partial charge in [0.1, 0.15) is 0 Å². The van der Waals surface area contributed by atoms with E-state index in [1.165, 1.54) is 12.1 Å². The smallest absolute Gasteiger partial charge is 0.335 e. The topological polar surface area (TPSA) is 117 Å². The second kappa shape index (κ2) is 7.49. The SMILES string of the molecule is CC(C)n1nccc1CN(Cc1ccc(C(=O)O)cc1)C(N)=NO. The van der Waals surface area contributed by atoms with Crippen molar-refractivity contribution < 1.29 is 15.1 Å². The molecule has 1 aromatic carbocycles. The number of oxime groups is 1. The number of carboxylic acid groups (broad SMARTS) is 1. The Balaban J connectivity index is 2.19. The number of benzene rings is 1. The van der Waals surface area contributed by atoms with E-state index in [4.69, 9.17) is 16.0 Å². The third-order valence-corrected chi connectivity index (χ3v) is 3.60. The monoisotopic (exact) mass is 331 g/mol. The number of carbonyl (C=O) groups is 1. The first-order chi connectivity index (χ1) is 11.4. The average molecular weight is 331 g/mol. The standard InChI is InChI=1S/C16H21N5O3/c1-11(2)21-14(7-8-18-21)10-20(16(17)19-24)9-12-3-5-13(6-4-12)15(22)23/h3-8,11,24H,9-10H2,1-2H3,(H2,17,19)(H,22,23). The number of rotatable bonds is 6. The summed E-state index contributed by atoms with van der Waals surface area (Å²) in [5.74, 6) is -0.996. The second-order valence-corrected chi connectivity index (χ2v) is 5.68. The van der Waals surface area contributed by atoms with E-state index >= 15 is 0 Å². The summed E-state index contributed by atoms with van der Waals surface area (Å²) in [5, 5.41) is 25.3. The van der Waals surface area contributed by atoms with Gasteiger partial charge < -0.3 is 20.9 Å². The maximum Gasteiger partial charge on any atom is 0.335 e. The van der Waals surface area contributed by atoms with Crippen molar-refractivity contribution >= 4 is 11.9 Å². The summed E-state index contributed by atoms with van der Waals surface area (Å²) in [6.45, 7) is 4.83. The van der Waals surface area contributed by atoms with E-state index in [0.29, 0.717) is 13.1 Å². The van der Waals surface area contributed by atoms with Crippen molar-refractivity contribution in [2.45, 2.75) is 33.0 Å². The number of hydrogen-bond acceptors (Lipinski definition) is 4. The van der Waals surface area contributed by atoms with Crippen LogP contribution < -0.4 is 5.73 Å². The lowest BCUT2D eigenvalue weighted by Gasteiger charge is -2.24. The molecule has 1 heterocycles. The van der Waals surface area contributed by atoms with E-state index in [1.54, 1.807) is 23.2 Å². The number of aromatic nitrogens is 2. The lowest BCUT2D eigenvalue weighted by Crippen LogP contribution is -2.37. The van der Waals surface area contributed by atoms with Gasteiger partial charge in [-0.2, -0.15) is 5.10 Å². The predicted molar refractivity (Wildman–Crippen MR) is 88.7 cm³/mol. The molecule has 8 nitrogen and oxygen atoms in total. The molecule has 0 unspecified atom stereocenters. The Labute approximate surface area is 139 Å². The van der Waals surface area contributed by atoms with E-state index in [0.717, 1.165) is 11.3 Å². The largest absolute Gasteiger partial charge is 0.478 e. The summed E-state index contributed by atoms with van der Waals surface area (Å²) in [7, 11) is 0. The Hall–Kier alpha value is -3.03. The predicted octanol–water partition coefficient (Wildman–Crippen LogP) is 1.87. The third-order valence-electron chi connectivity index (χ3n) is 3.60. The van der Waals surface area contributed by atoms with Gasteiger partial charge in [0, 0.05) is 18.8 Å². The summed E-state index contributed by atoms with van der Waals surface area (Å²) < 4.78 is 1.87. The fraction of sp³-hybridized carbons (Fsp3) is 0.312. The molecule has 0 atom stereocenters. The molecule has 2 aromatic rings. The molecule has 0 amide bonds. The van der Waals surface area contributed by atoms with Gasteiger partial charge >= 0.3 is 5.97 Å². The van der Waals surface area contributed by atoms with Crippen LogP contribution in [0.5, 0.6) is 0 Å². The van der Waals surface area contributed by atoms with E-state index in [9.17, 15) is 4.79 Å². The van der Waals surface area contributed by atoms with Gasteiger partial charge in [0.05, 0.1) is 17.8 Å². The normalized spacial score (nSPS) is 11.7. The lowest BCUT2D eigenvalue weighted by atomic mass is 10.1. The Morgan fingerprint density at radius 2 is 1.96 bits per heavy atom. The Bertz CT molecular complexity index is 722. The fourth-order valence-electron chi connectivity index (χ4n) is 2.38. The Kier molecular flexibility index (Phi) is 5.41. The van der Waals surface area contributed by atoms with Crippen molar-refractivity contribution in [2.75, 3.05) is 0 Å². The minimum atomic E-state index is -0.976. The van der Waals surface area contributed by atoms with Gasteiger partial charge in [0.15, 0.2) is 0 Å². The van der Waals surface area contributed by atoms with Crippen molar-refractivity contribution in [1.29, 1.82) is 0 Å². The van der Waals surface area contributed by atoms with Gasteiger partial charge in [-0.1, -0.05) is 17.3 Å². The van der Waals surface area contributed by atoms with Crippen LogP contribution in [0.3, 0.4) is 0 Å². The van der Waals surface area contributed by atoms with E-state index in [2.05, 4.69) is 10.3 Å². The number of guanidine groups is 1. The molecule has 0 aliphatic carbocycles. The van der Waals surface area contributed by atoms with E-state index in [-0.39, 0.29) is 17.6 Å². The minimum Gasteiger partial charge on any atom is -0.478 e. The average Bonchev–Trinajstić information content (AvgIpc) is 3.02. The van der Waals surface area contributed by atoms with Crippen LogP contribution in [-0.4, -0.2) is 36.9 Å². The lowest BCUT2D eigenvalue weighted by molar-refractivity contribution is 0.0697. The maximum atomic E-state index is 10.9. The van der Waals surface area contributed by atoms with Gasteiger partial charge in [-0.05, 0) is 37.6 Å². The zero-order chi connectivity index (χ0) is 17.7. The first-order valence-electron chi connectivity index (χ1n) is 7.49. The van der Waals surface area contributed by atoms with Crippen molar-refractivity contribution in [1.82, 2.24) is 14.7 Å². The van der Waals surface area contributed by atoms with Crippen LogP contribution in [0.1, 0.15) is 41.5 Å². The van der Waals surface area contributed by atoms with Gasteiger partial charge in [0.2, 0.25) is 5.96 Å². The molecule has 0 fully saturated rings. The van der Waals surface area contributed by atoms with Crippen LogP contribution in [0.25, 0.3) is 0 Å². The molecular weight excluding hydrogens is 310 g/mol. The van der Waals surface area contributed by atoms with Crippen molar-refractivity contribution in [3.8, 4) is 0 Å². The number of hydrogen-bond donors (Lipinski definition) is 3. The molecule has 0 radical (unpaired) electrons. The van der Waals surface area contributed by atoms with Crippen molar-refractivity contribution in [3.63, 3.8) is 0 Å². The van der Waals surface area contributed by atoms with Crippen LogP contribution in [0.4, 0.5) is 0 Å². The zero-order valence-electron chi connectivity index (χ0n) is 13.6. The fourth-order valence-corrected chi connectivity index (χ4v) is 2.38. The molecular formula is C16H21N5O3. The maximum absolute atomic E-state index is 10.9. The third kappa shape index (κ3) is 4.03. The molecule has 0 bridgehead atoms. The first kappa shape index (κ1) is 17.3. The van der Waals surface area contributed by atoms with E-state index in [1.807, 2.05) is 24.6 Å². The summed E-state index contributed by atoms with van der Waals surface area (Å²) >= 11 is 0. The number of aromatic carboxylic acids is 1. The summed E-state index contributed by atoms with van der Waals surface area (Å²) in [4.78, 5) is 12.6. The molecule has 1 aromatic heterocycles. The molecule has 4 N–H and O–H groups in total. The Morgan fingerprint density at radius 3 is 2.50 bits per heavy atom. The molecule has 128 valence electrons. The quantitative estimate of drug-likeness (QED) is 0.322. The van der Waals surface area contributed by atoms with Crippen molar-refractivity contribution in [2.24, 2.45) is 10.9 Å². The number of nitrogens with two attached hydrogens (primary N) is 1. The molecule has 0 saturated heterocycles. The molecule has 2 rings (SSSR count). The van der Waals surface area contributed by atoms with Gasteiger partial charge in [-0.3, -0.25) is 4.68 Å². The van der Waals surface area contributed by atoms with Crippen molar-refractivity contribution in [3.05, 3.63) is 53.3 Å². The Morgan fingerprint density at radius 1 is 1.29 bits per heavy atom. The zero-order valence-corrected chi connectivity index (χ0v) is 13.6. The van der Waals surface area contributed by atoms with Crippen LogP contribution in [0, 0.1) is 0 Å². The molecule has 0 spiro atoms. The highest BCUT2D eigenvalue weighted by Gasteiger charge is 2.15. The minimum absolute atomic E-state index is 0.0196. The molecule has 0 saturated carbocycles. The summed E-state index contributed by atoms with van der Waals surface area (Å²) in [6.07, 6.45) is 1.71. The first-order valence-corrected chi connectivity index (χ1v) is 7.49. The number of nitrogens with zero attached hydrogens (tertiary/aromatic N) is 4. The highest BCUT2D eigenvalue weighted by Crippen LogP contribution is 2.14. The molecule has 0 aliphatic rings. The van der Waals surface area contributed by atoms with Gasteiger partial charge in [-0.25, -0.2) is 4.79 Å². The summed E-state index contributed by atoms with van der Waals surface area (Å²) in [5.41, 5.74) is 7.78. The molecule has 8 heteroatoms. The number of carboxylic acids is 1. The second-order valence-electron chi connectivity index (χ2n) is 5.68. The highest BCUT2D eigenvalue weighted by atomic mass is 16.4. The van der Waals surface area contributed by atoms with Gasteiger partial charge in [0.25, 0.3) is 0 Å². The van der Waals surface area contributed by atoms with Crippen LogP contribution in [0.15, 0.2) is 41.7 Å². The van der Waals surface area contributed by atoms with Crippen LogP contribution in [0.2, 0.25) is 0 Å². The van der Waals surface area contributed by atoms with E-state index < -0.39 is 5.97 Å². The summed E-state index contributed by atoms with van der Waals surface area (Å²) in [6, 6.07) is 8.55. The molecule has 24 heavy (non-hydrogen) atoms.